The van der Waals surface area contributed by atoms with Gasteiger partial charge >= 0.3 is 5.97 Å². The van der Waals surface area contributed by atoms with Crippen molar-refractivity contribution in [1.82, 2.24) is 9.55 Å². The maximum absolute atomic E-state index is 11.7. The molecule has 4 rings (SSSR count). The topological polar surface area (TPSA) is 67.9 Å². The van der Waals surface area contributed by atoms with Crippen LogP contribution in [0.4, 0.5) is 0 Å². The van der Waals surface area contributed by atoms with Gasteiger partial charge in [0.25, 0.3) is 0 Å². The third-order valence-corrected chi connectivity index (χ3v) is 4.36. The molecule has 0 radical (unpaired) electrons. The van der Waals surface area contributed by atoms with Crippen molar-refractivity contribution < 1.29 is 9.53 Å². The minimum Gasteiger partial charge on any atom is -0.465 e. The minimum atomic E-state index is -0.378. The number of nitriles is 1. The molecule has 5 nitrogen and oxygen atoms in total. The number of ether oxygens (including phenoxy) is 1. The predicted molar refractivity (Wildman–Crippen MR) is 103 cm³/mol. The Labute approximate surface area is 156 Å². The van der Waals surface area contributed by atoms with Gasteiger partial charge in [-0.15, -0.1) is 0 Å². The van der Waals surface area contributed by atoms with Gasteiger partial charge < -0.3 is 4.74 Å². The molecule has 27 heavy (non-hydrogen) atoms. The van der Waals surface area contributed by atoms with Crippen LogP contribution in [0.5, 0.6) is 0 Å². The second kappa shape index (κ2) is 6.77. The van der Waals surface area contributed by atoms with Gasteiger partial charge in [-0.05, 0) is 42.5 Å². The molecular formula is C22H15N3O2. The van der Waals surface area contributed by atoms with Crippen LogP contribution in [0.1, 0.15) is 15.9 Å². The number of hydrogen-bond donors (Lipinski definition) is 0. The molecule has 0 aliphatic heterocycles. The fourth-order valence-electron chi connectivity index (χ4n) is 3.06. The third kappa shape index (κ3) is 2.94. The highest BCUT2D eigenvalue weighted by Crippen LogP contribution is 2.29. The second-order valence-electron chi connectivity index (χ2n) is 5.99. The van der Waals surface area contributed by atoms with E-state index in [-0.39, 0.29) is 5.97 Å². The molecule has 0 spiro atoms. The van der Waals surface area contributed by atoms with Crippen LogP contribution in [-0.2, 0) is 4.74 Å². The Kier molecular flexibility index (Phi) is 4.15. The third-order valence-electron chi connectivity index (χ3n) is 4.36. The Morgan fingerprint density at radius 3 is 2.44 bits per heavy atom. The van der Waals surface area contributed by atoms with Crippen LogP contribution in [0.2, 0.25) is 0 Å². The van der Waals surface area contributed by atoms with Gasteiger partial charge in [0.1, 0.15) is 5.82 Å². The number of nitrogens with zero attached hydrogens (tertiary/aromatic N) is 3. The average molecular weight is 353 g/mol. The van der Waals surface area contributed by atoms with Crippen molar-refractivity contribution in [2.24, 2.45) is 0 Å². The molecule has 130 valence electrons. The summed E-state index contributed by atoms with van der Waals surface area (Å²) in [5, 5.41) is 9.18. The molecule has 0 bridgehead atoms. The van der Waals surface area contributed by atoms with E-state index >= 15 is 0 Å². The summed E-state index contributed by atoms with van der Waals surface area (Å²) in [6.45, 7) is 0. The van der Waals surface area contributed by atoms with Crippen molar-refractivity contribution in [3.8, 4) is 23.1 Å². The summed E-state index contributed by atoms with van der Waals surface area (Å²) in [6.07, 6.45) is 0. The first-order valence-corrected chi connectivity index (χ1v) is 8.38. The van der Waals surface area contributed by atoms with Gasteiger partial charge in [-0.25, -0.2) is 9.78 Å². The lowest BCUT2D eigenvalue weighted by Gasteiger charge is -2.10. The molecule has 0 aliphatic carbocycles. The van der Waals surface area contributed by atoms with Crippen LogP contribution in [0, 0.1) is 11.3 Å². The Hall–Kier alpha value is -3.91. The zero-order valence-electron chi connectivity index (χ0n) is 14.6. The largest absolute Gasteiger partial charge is 0.465 e. The molecule has 0 amide bonds. The molecule has 1 heterocycles. The zero-order valence-corrected chi connectivity index (χ0v) is 14.6. The Balaban J connectivity index is 1.94. The summed E-state index contributed by atoms with van der Waals surface area (Å²) in [7, 11) is 1.36. The molecule has 5 heteroatoms. The van der Waals surface area contributed by atoms with Crippen LogP contribution < -0.4 is 0 Å². The molecule has 4 aromatic rings. The Bertz CT molecular complexity index is 1170. The lowest BCUT2D eigenvalue weighted by Crippen LogP contribution is -2.01. The predicted octanol–water partition coefficient (Wildman–Crippen LogP) is 4.35. The second-order valence-corrected chi connectivity index (χ2v) is 5.99. The minimum absolute atomic E-state index is 0.378. The lowest BCUT2D eigenvalue weighted by atomic mass is 10.1. The first kappa shape index (κ1) is 16.6. The van der Waals surface area contributed by atoms with Crippen molar-refractivity contribution in [3.63, 3.8) is 0 Å². The van der Waals surface area contributed by atoms with E-state index in [0.717, 1.165) is 28.1 Å². The average Bonchev–Trinajstić information content (AvgIpc) is 3.12. The number of esters is 1. The number of rotatable bonds is 3. The highest BCUT2D eigenvalue weighted by molar-refractivity contribution is 5.90. The fourth-order valence-corrected chi connectivity index (χ4v) is 3.06. The van der Waals surface area contributed by atoms with Gasteiger partial charge in [0.2, 0.25) is 0 Å². The van der Waals surface area contributed by atoms with Gasteiger partial charge in [-0.1, -0.05) is 30.3 Å². The number of methoxy groups -OCH3 is 1. The first-order chi connectivity index (χ1) is 13.2. The molecule has 3 aromatic carbocycles. The van der Waals surface area contributed by atoms with Crippen molar-refractivity contribution in [3.05, 3.63) is 83.9 Å². The molecule has 0 fully saturated rings. The van der Waals surface area contributed by atoms with Gasteiger partial charge in [0, 0.05) is 11.3 Å². The quantitative estimate of drug-likeness (QED) is 0.514. The van der Waals surface area contributed by atoms with Crippen molar-refractivity contribution in [2.45, 2.75) is 0 Å². The van der Waals surface area contributed by atoms with Gasteiger partial charge in [0.15, 0.2) is 0 Å². The normalized spacial score (nSPS) is 10.5. The number of fused-ring (bicyclic) bond motifs is 1. The van der Waals surface area contributed by atoms with E-state index in [4.69, 9.17) is 9.72 Å². The van der Waals surface area contributed by atoms with Gasteiger partial charge in [-0.3, -0.25) is 4.57 Å². The number of carbonyl (C=O) groups is 1. The molecular weight excluding hydrogens is 338 g/mol. The summed E-state index contributed by atoms with van der Waals surface area (Å²) < 4.78 is 6.80. The standard InChI is InChI=1S/C22H15N3O2/c1-27-22(26)17-10-8-16(9-11-17)21-24-19-13-15(14-23)7-12-20(19)25(21)18-5-3-2-4-6-18/h2-13H,1H3. The van der Waals surface area contributed by atoms with E-state index in [1.54, 1.807) is 24.3 Å². The van der Waals surface area contributed by atoms with Crippen LogP contribution >= 0.6 is 0 Å². The highest BCUT2D eigenvalue weighted by atomic mass is 16.5. The molecule has 0 N–H and O–H groups in total. The Morgan fingerprint density at radius 2 is 1.78 bits per heavy atom. The molecule has 0 saturated heterocycles. The van der Waals surface area contributed by atoms with E-state index in [9.17, 15) is 10.1 Å². The number of para-hydroxylation sites is 1. The fraction of sp³-hybridized carbons (Fsp3) is 0.0455. The molecule has 0 aliphatic rings. The van der Waals surface area contributed by atoms with Crippen molar-refractivity contribution in [1.29, 1.82) is 5.26 Å². The number of aromatic nitrogens is 2. The maximum Gasteiger partial charge on any atom is 0.337 e. The molecule has 0 saturated carbocycles. The summed E-state index contributed by atoms with van der Waals surface area (Å²) in [5.74, 6) is 0.361. The van der Waals surface area contributed by atoms with Crippen molar-refractivity contribution in [2.75, 3.05) is 7.11 Å². The number of carbonyl (C=O) groups excluding carboxylic acids is 1. The van der Waals surface area contributed by atoms with Gasteiger partial charge in [-0.2, -0.15) is 5.26 Å². The monoisotopic (exact) mass is 353 g/mol. The maximum atomic E-state index is 11.7. The first-order valence-electron chi connectivity index (χ1n) is 8.38. The van der Waals surface area contributed by atoms with Crippen molar-refractivity contribution >= 4 is 17.0 Å². The highest BCUT2D eigenvalue weighted by Gasteiger charge is 2.15. The number of benzene rings is 3. The van der Waals surface area contributed by atoms with E-state index < -0.39 is 0 Å². The summed E-state index contributed by atoms with van der Waals surface area (Å²) in [5.41, 5.74) is 4.53. The summed E-state index contributed by atoms with van der Waals surface area (Å²) in [6, 6.07) is 24.7. The summed E-state index contributed by atoms with van der Waals surface area (Å²) in [4.78, 5) is 16.4. The van der Waals surface area contributed by atoms with E-state index in [1.165, 1.54) is 7.11 Å². The smallest absolute Gasteiger partial charge is 0.337 e. The van der Waals surface area contributed by atoms with E-state index in [0.29, 0.717) is 11.1 Å². The Morgan fingerprint density at radius 1 is 1.04 bits per heavy atom. The lowest BCUT2D eigenvalue weighted by molar-refractivity contribution is 0.0601. The SMILES string of the molecule is COC(=O)c1ccc(-c2nc3cc(C#N)ccc3n2-c2ccccc2)cc1. The number of hydrogen-bond acceptors (Lipinski definition) is 4. The van der Waals surface area contributed by atoms with Crippen LogP contribution in [0.3, 0.4) is 0 Å². The summed E-state index contributed by atoms with van der Waals surface area (Å²) >= 11 is 0. The molecule has 0 unspecified atom stereocenters. The molecule has 1 aromatic heterocycles. The van der Waals surface area contributed by atoms with Gasteiger partial charge in [0.05, 0.1) is 35.3 Å². The molecule has 0 atom stereocenters. The van der Waals surface area contributed by atoms with E-state index in [2.05, 4.69) is 6.07 Å². The zero-order chi connectivity index (χ0) is 18.8. The number of imidazole rings is 1. The van der Waals surface area contributed by atoms with Crippen LogP contribution in [-0.4, -0.2) is 22.6 Å². The van der Waals surface area contributed by atoms with E-state index in [1.807, 2.05) is 53.1 Å². The van der Waals surface area contributed by atoms with Crippen LogP contribution in [0.25, 0.3) is 28.1 Å². The van der Waals surface area contributed by atoms with Crippen LogP contribution in [0.15, 0.2) is 72.8 Å².